The fourth-order valence-electron chi connectivity index (χ4n) is 1.53. The van der Waals surface area contributed by atoms with E-state index in [2.05, 4.69) is 5.10 Å². The largest absolute Gasteiger partial charge is 0.394 e. The van der Waals surface area contributed by atoms with Crippen LogP contribution in [-0.4, -0.2) is 21.5 Å². The minimum Gasteiger partial charge on any atom is -0.394 e. The van der Waals surface area contributed by atoms with Gasteiger partial charge in [0.2, 0.25) is 0 Å². The fraction of sp³-hybridized carbons (Fsp3) is 0.250. The van der Waals surface area contributed by atoms with E-state index < -0.39 is 0 Å². The summed E-state index contributed by atoms with van der Waals surface area (Å²) in [6.45, 7) is 0.663. The van der Waals surface area contributed by atoms with Crippen LogP contribution in [0.5, 0.6) is 0 Å². The van der Waals surface area contributed by atoms with E-state index in [1.807, 2.05) is 41.2 Å². The number of aliphatic hydroxyl groups excluding tert-OH is 1. The predicted octanol–water partition coefficient (Wildman–Crippen LogP) is 0.923. The van der Waals surface area contributed by atoms with Crippen molar-refractivity contribution in [2.75, 3.05) is 6.61 Å². The summed E-state index contributed by atoms with van der Waals surface area (Å²) in [5.41, 5.74) is 7.75. The van der Waals surface area contributed by atoms with E-state index in [0.29, 0.717) is 0 Å². The normalized spacial score (nSPS) is 12.6. The molecule has 1 heterocycles. The number of aliphatic hydroxyl groups is 1. The maximum atomic E-state index is 8.93. The van der Waals surface area contributed by atoms with Crippen molar-refractivity contribution in [1.82, 2.24) is 9.78 Å². The zero-order valence-electron chi connectivity index (χ0n) is 8.95. The van der Waals surface area contributed by atoms with Gasteiger partial charge in [0.1, 0.15) is 0 Å². The van der Waals surface area contributed by atoms with Crippen LogP contribution in [-0.2, 0) is 6.54 Å². The molecule has 0 spiro atoms. The smallest absolute Gasteiger partial charge is 0.0659 e. The Morgan fingerprint density at radius 1 is 1.31 bits per heavy atom. The van der Waals surface area contributed by atoms with Crippen molar-refractivity contribution in [1.29, 1.82) is 0 Å². The van der Waals surface area contributed by atoms with Crippen LogP contribution in [0.4, 0.5) is 0 Å². The first-order valence-corrected chi connectivity index (χ1v) is 5.22. The van der Waals surface area contributed by atoms with Gasteiger partial charge < -0.3 is 10.8 Å². The lowest BCUT2D eigenvalue weighted by molar-refractivity contribution is 0.268. The van der Waals surface area contributed by atoms with E-state index >= 15 is 0 Å². The maximum absolute atomic E-state index is 8.93. The summed E-state index contributed by atoms with van der Waals surface area (Å²) in [5, 5.41) is 13.1. The maximum Gasteiger partial charge on any atom is 0.0659 e. The second kappa shape index (κ2) is 4.92. The van der Waals surface area contributed by atoms with E-state index in [0.717, 1.165) is 12.1 Å². The molecule has 0 amide bonds. The molecule has 2 aromatic rings. The Labute approximate surface area is 94.3 Å². The van der Waals surface area contributed by atoms with Crippen LogP contribution in [0.3, 0.4) is 0 Å². The second-order valence-corrected chi connectivity index (χ2v) is 3.75. The Morgan fingerprint density at radius 2 is 2.06 bits per heavy atom. The Kier molecular flexibility index (Phi) is 3.34. The van der Waals surface area contributed by atoms with Gasteiger partial charge in [-0.15, -0.1) is 0 Å². The van der Waals surface area contributed by atoms with Gasteiger partial charge in [-0.25, -0.2) is 0 Å². The first-order chi connectivity index (χ1) is 7.79. The van der Waals surface area contributed by atoms with Gasteiger partial charge in [-0.3, -0.25) is 4.68 Å². The first-order valence-electron chi connectivity index (χ1n) is 5.22. The molecule has 0 saturated heterocycles. The minimum absolute atomic E-state index is 0.0585. The highest BCUT2D eigenvalue weighted by Gasteiger charge is 2.06. The molecule has 0 aliphatic rings. The van der Waals surface area contributed by atoms with Crippen molar-refractivity contribution in [3.05, 3.63) is 53.9 Å². The number of rotatable bonds is 4. The van der Waals surface area contributed by atoms with E-state index in [4.69, 9.17) is 10.8 Å². The van der Waals surface area contributed by atoms with Gasteiger partial charge in [0.25, 0.3) is 0 Å². The first kappa shape index (κ1) is 10.9. The number of nitrogens with two attached hydrogens (primary N) is 1. The standard InChI is InChI=1S/C12H15N3O/c13-12(9-16)11-6-14-15(8-11)7-10-4-2-1-3-5-10/h1-6,8,12,16H,7,9,13H2/t12-/m0/s1. The number of hydrogen-bond donors (Lipinski definition) is 2. The monoisotopic (exact) mass is 217 g/mol. The Morgan fingerprint density at radius 3 is 2.75 bits per heavy atom. The molecule has 0 aliphatic carbocycles. The molecule has 1 aromatic heterocycles. The molecule has 2 rings (SSSR count). The highest BCUT2D eigenvalue weighted by Crippen LogP contribution is 2.09. The molecule has 1 aromatic carbocycles. The summed E-state index contributed by atoms with van der Waals surface area (Å²) < 4.78 is 1.82. The zero-order chi connectivity index (χ0) is 11.4. The van der Waals surface area contributed by atoms with Crippen LogP contribution in [0.25, 0.3) is 0 Å². The van der Waals surface area contributed by atoms with Crippen LogP contribution in [0.15, 0.2) is 42.7 Å². The van der Waals surface area contributed by atoms with Gasteiger partial charge >= 0.3 is 0 Å². The molecule has 0 radical (unpaired) electrons. The highest BCUT2D eigenvalue weighted by atomic mass is 16.3. The highest BCUT2D eigenvalue weighted by molar-refractivity contribution is 5.16. The third-order valence-corrected chi connectivity index (χ3v) is 2.47. The van der Waals surface area contributed by atoms with E-state index in [1.165, 1.54) is 5.56 Å². The summed E-state index contributed by atoms with van der Waals surface area (Å²) in [6.07, 6.45) is 3.57. The predicted molar refractivity (Wildman–Crippen MR) is 61.8 cm³/mol. The second-order valence-electron chi connectivity index (χ2n) is 3.75. The van der Waals surface area contributed by atoms with E-state index in [-0.39, 0.29) is 12.6 Å². The molecule has 3 N–H and O–H groups in total. The van der Waals surface area contributed by atoms with E-state index in [9.17, 15) is 0 Å². The van der Waals surface area contributed by atoms with Crippen molar-refractivity contribution in [2.24, 2.45) is 5.73 Å². The average molecular weight is 217 g/mol. The molecule has 0 unspecified atom stereocenters. The summed E-state index contributed by atoms with van der Waals surface area (Å²) in [7, 11) is 0. The average Bonchev–Trinajstić information content (AvgIpc) is 2.78. The fourth-order valence-corrected chi connectivity index (χ4v) is 1.53. The number of hydrogen-bond acceptors (Lipinski definition) is 3. The summed E-state index contributed by atoms with van der Waals surface area (Å²) in [5.74, 6) is 0. The lowest BCUT2D eigenvalue weighted by Crippen LogP contribution is -2.13. The number of benzene rings is 1. The van der Waals surface area contributed by atoms with Gasteiger partial charge in [-0.2, -0.15) is 5.10 Å². The molecule has 4 heteroatoms. The van der Waals surface area contributed by atoms with Crippen molar-refractivity contribution in [3.8, 4) is 0 Å². The molecule has 0 bridgehead atoms. The van der Waals surface area contributed by atoms with Gasteiger partial charge in [0.05, 0.1) is 25.4 Å². The van der Waals surface area contributed by atoms with Gasteiger partial charge in [0, 0.05) is 11.8 Å². The third-order valence-electron chi connectivity index (χ3n) is 2.47. The molecule has 84 valence electrons. The molecule has 0 saturated carbocycles. The third kappa shape index (κ3) is 2.48. The molecule has 1 atom stereocenters. The number of aromatic nitrogens is 2. The van der Waals surface area contributed by atoms with Crippen LogP contribution in [0, 0.1) is 0 Å². The summed E-state index contributed by atoms with van der Waals surface area (Å²) in [6, 6.07) is 9.74. The Balaban J connectivity index is 2.09. The lowest BCUT2D eigenvalue weighted by Gasteiger charge is -2.03. The molecule has 4 nitrogen and oxygen atoms in total. The van der Waals surface area contributed by atoms with Crippen molar-refractivity contribution in [3.63, 3.8) is 0 Å². The molecule has 0 aliphatic heterocycles. The van der Waals surface area contributed by atoms with Crippen molar-refractivity contribution < 1.29 is 5.11 Å². The number of nitrogens with zero attached hydrogens (tertiary/aromatic N) is 2. The van der Waals surface area contributed by atoms with Crippen LogP contribution < -0.4 is 5.73 Å². The molecular formula is C12H15N3O. The van der Waals surface area contributed by atoms with Gasteiger partial charge in [-0.1, -0.05) is 30.3 Å². The van der Waals surface area contributed by atoms with Crippen molar-refractivity contribution >= 4 is 0 Å². The lowest BCUT2D eigenvalue weighted by atomic mass is 10.2. The van der Waals surface area contributed by atoms with Crippen LogP contribution in [0.1, 0.15) is 17.2 Å². The minimum atomic E-state index is -0.343. The van der Waals surface area contributed by atoms with Gasteiger partial charge in [-0.05, 0) is 5.56 Å². The SMILES string of the molecule is N[C@@H](CO)c1cnn(Cc2ccccc2)c1. The summed E-state index contributed by atoms with van der Waals surface area (Å²) in [4.78, 5) is 0. The topological polar surface area (TPSA) is 64.1 Å². The quantitative estimate of drug-likeness (QED) is 0.800. The Bertz CT molecular complexity index is 439. The van der Waals surface area contributed by atoms with Crippen LogP contribution in [0.2, 0.25) is 0 Å². The van der Waals surface area contributed by atoms with E-state index in [1.54, 1.807) is 6.20 Å². The zero-order valence-corrected chi connectivity index (χ0v) is 8.95. The molecule has 16 heavy (non-hydrogen) atoms. The molecular weight excluding hydrogens is 202 g/mol. The Hall–Kier alpha value is -1.65. The molecule has 0 fully saturated rings. The van der Waals surface area contributed by atoms with Crippen molar-refractivity contribution in [2.45, 2.75) is 12.6 Å². The summed E-state index contributed by atoms with van der Waals surface area (Å²) >= 11 is 0. The van der Waals surface area contributed by atoms with Gasteiger partial charge in [0.15, 0.2) is 0 Å². The van der Waals surface area contributed by atoms with Crippen LogP contribution >= 0.6 is 0 Å².